The van der Waals surface area contributed by atoms with Crippen molar-refractivity contribution < 1.29 is 14.1 Å². The van der Waals surface area contributed by atoms with Crippen LogP contribution in [-0.2, 0) is 4.79 Å². The zero-order valence-electron chi connectivity index (χ0n) is 12.7. The lowest BCUT2D eigenvalue weighted by Gasteiger charge is -2.10. The molecule has 6 nitrogen and oxygen atoms in total. The molecule has 0 aliphatic heterocycles. The first-order chi connectivity index (χ1) is 10.9. The molecule has 2 rings (SSSR count). The van der Waals surface area contributed by atoms with Crippen molar-refractivity contribution in [1.82, 2.24) is 0 Å². The summed E-state index contributed by atoms with van der Waals surface area (Å²) < 4.78 is 12.8. The molecule has 0 heterocycles. The van der Waals surface area contributed by atoms with E-state index >= 15 is 0 Å². The van der Waals surface area contributed by atoms with E-state index in [0.29, 0.717) is 5.69 Å². The Morgan fingerprint density at radius 1 is 1.17 bits per heavy atom. The SMILES string of the molecule is Cc1cc(NC(=O)CNc2ccc(F)cc2)c([N+](=O)[O-])cc1C. The topological polar surface area (TPSA) is 84.3 Å². The van der Waals surface area contributed by atoms with Gasteiger partial charge in [0.15, 0.2) is 0 Å². The molecular formula is C16H16FN3O3. The molecule has 0 atom stereocenters. The fourth-order valence-corrected chi connectivity index (χ4v) is 2.00. The number of carbonyl (C=O) groups is 1. The van der Waals surface area contributed by atoms with Crippen molar-refractivity contribution in [2.24, 2.45) is 0 Å². The van der Waals surface area contributed by atoms with E-state index in [1.54, 1.807) is 13.0 Å². The molecule has 0 bridgehead atoms. The van der Waals surface area contributed by atoms with E-state index < -0.39 is 10.8 Å². The Morgan fingerprint density at radius 2 is 1.78 bits per heavy atom. The molecule has 0 saturated carbocycles. The maximum absolute atomic E-state index is 12.8. The molecule has 0 fully saturated rings. The van der Waals surface area contributed by atoms with Crippen molar-refractivity contribution in [3.63, 3.8) is 0 Å². The summed E-state index contributed by atoms with van der Waals surface area (Å²) in [5, 5.41) is 16.4. The van der Waals surface area contributed by atoms with Crippen LogP contribution in [0.2, 0.25) is 0 Å². The Balaban J connectivity index is 2.06. The zero-order chi connectivity index (χ0) is 17.0. The van der Waals surface area contributed by atoms with E-state index in [4.69, 9.17) is 0 Å². The molecule has 0 aromatic heterocycles. The maximum Gasteiger partial charge on any atom is 0.293 e. The minimum absolute atomic E-state index is 0.0876. The number of nitro benzene ring substituents is 1. The van der Waals surface area contributed by atoms with Crippen LogP contribution in [0.15, 0.2) is 36.4 Å². The maximum atomic E-state index is 12.8. The second-order valence-electron chi connectivity index (χ2n) is 5.12. The van der Waals surface area contributed by atoms with Gasteiger partial charge in [-0.2, -0.15) is 0 Å². The Bertz CT molecular complexity index is 745. The van der Waals surface area contributed by atoms with Gasteiger partial charge in [-0.05, 0) is 55.3 Å². The minimum Gasteiger partial charge on any atom is -0.376 e. The number of nitrogens with one attached hydrogen (secondary N) is 2. The average molecular weight is 317 g/mol. The van der Waals surface area contributed by atoms with Crippen molar-refractivity contribution in [1.29, 1.82) is 0 Å². The van der Waals surface area contributed by atoms with Crippen LogP contribution in [0.1, 0.15) is 11.1 Å². The number of nitrogens with zero attached hydrogens (tertiary/aromatic N) is 1. The first kappa shape index (κ1) is 16.4. The smallest absolute Gasteiger partial charge is 0.293 e. The number of hydrogen-bond donors (Lipinski definition) is 2. The Hall–Kier alpha value is -2.96. The van der Waals surface area contributed by atoms with Crippen molar-refractivity contribution in [3.05, 3.63) is 63.5 Å². The van der Waals surface area contributed by atoms with Crippen molar-refractivity contribution in [3.8, 4) is 0 Å². The third-order valence-corrected chi connectivity index (χ3v) is 3.38. The van der Waals surface area contributed by atoms with Gasteiger partial charge in [-0.1, -0.05) is 0 Å². The van der Waals surface area contributed by atoms with Gasteiger partial charge < -0.3 is 10.6 Å². The molecule has 0 radical (unpaired) electrons. The normalized spacial score (nSPS) is 10.2. The highest BCUT2D eigenvalue weighted by molar-refractivity contribution is 5.96. The van der Waals surface area contributed by atoms with Gasteiger partial charge in [0.25, 0.3) is 5.69 Å². The van der Waals surface area contributed by atoms with Gasteiger partial charge in [-0.15, -0.1) is 0 Å². The van der Waals surface area contributed by atoms with Gasteiger partial charge >= 0.3 is 0 Å². The molecule has 1 amide bonds. The van der Waals surface area contributed by atoms with Crippen LogP contribution in [0.25, 0.3) is 0 Å². The number of benzene rings is 2. The van der Waals surface area contributed by atoms with Crippen LogP contribution in [0.3, 0.4) is 0 Å². The number of amides is 1. The van der Waals surface area contributed by atoms with E-state index in [0.717, 1.165) is 11.1 Å². The fraction of sp³-hybridized carbons (Fsp3) is 0.188. The highest BCUT2D eigenvalue weighted by Gasteiger charge is 2.17. The second kappa shape index (κ2) is 6.87. The van der Waals surface area contributed by atoms with Crippen LogP contribution in [0.4, 0.5) is 21.5 Å². The first-order valence-electron chi connectivity index (χ1n) is 6.92. The molecule has 0 aliphatic rings. The number of carbonyl (C=O) groups excluding carboxylic acids is 1. The summed E-state index contributed by atoms with van der Waals surface area (Å²) in [6.45, 7) is 3.49. The van der Waals surface area contributed by atoms with E-state index in [1.165, 1.54) is 30.3 Å². The lowest BCUT2D eigenvalue weighted by Crippen LogP contribution is -2.22. The highest BCUT2D eigenvalue weighted by atomic mass is 19.1. The summed E-state index contributed by atoms with van der Waals surface area (Å²) in [6.07, 6.45) is 0. The molecule has 23 heavy (non-hydrogen) atoms. The van der Waals surface area contributed by atoms with Crippen molar-refractivity contribution in [2.45, 2.75) is 13.8 Å². The van der Waals surface area contributed by atoms with E-state index in [-0.39, 0.29) is 23.7 Å². The number of hydrogen-bond acceptors (Lipinski definition) is 4. The molecule has 120 valence electrons. The van der Waals surface area contributed by atoms with E-state index in [9.17, 15) is 19.3 Å². The molecule has 0 spiro atoms. The Labute approximate surface area is 132 Å². The van der Waals surface area contributed by atoms with Crippen molar-refractivity contribution >= 4 is 23.0 Å². The van der Waals surface area contributed by atoms with Crippen LogP contribution >= 0.6 is 0 Å². The van der Waals surface area contributed by atoms with E-state index in [1.807, 2.05) is 6.92 Å². The Kier molecular flexibility index (Phi) is 4.90. The molecule has 2 aromatic rings. The summed E-state index contributed by atoms with van der Waals surface area (Å²) in [5.41, 5.74) is 2.21. The van der Waals surface area contributed by atoms with Gasteiger partial charge in [0.05, 0.1) is 11.5 Å². The monoisotopic (exact) mass is 317 g/mol. The van der Waals surface area contributed by atoms with Crippen molar-refractivity contribution in [2.75, 3.05) is 17.2 Å². The van der Waals surface area contributed by atoms with Crippen LogP contribution in [-0.4, -0.2) is 17.4 Å². The third kappa shape index (κ3) is 4.26. The predicted molar refractivity (Wildman–Crippen MR) is 86.1 cm³/mol. The Morgan fingerprint density at radius 3 is 2.39 bits per heavy atom. The summed E-state index contributed by atoms with van der Waals surface area (Å²) in [5.74, 6) is -0.800. The number of nitro groups is 1. The number of anilines is 2. The zero-order valence-corrected chi connectivity index (χ0v) is 12.7. The number of halogens is 1. The predicted octanol–water partition coefficient (Wildman–Crippen LogP) is 3.40. The van der Waals surface area contributed by atoms with Crippen LogP contribution < -0.4 is 10.6 Å². The van der Waals surface area contributed by atoms with Crippen LogP contribution in [0, 0.1) is 29.8 Å². The third-order valence-electron chi connectivity index (χ3n) is 3.38. The van der Waals surface area contributed by atoms with Gasteiger partial charge in [0.2, 0.25) is 5.91 Å². The largest absolute Gasteiger partial charge is 0.376 e. The van der Waals surface area contributed by atoms with Gasteiger partial charge in [0.1, 0.15) is 11.5 Å². The van der Waals surface area contributed by atoms with Gasteiger partial charge in [-0.25, -0.2) is 4.39 Å². The molecule has 7 heteroatoms. The quantitative estimate of drug-likeness (QED) is 0.654. The molecule has 0 aliphatic carbocycles. The number of aryl methyl sites for hydroxylation is 2. The lowest BCUT2D eigenvalue weighted by atomic mass is 10.1. The summed E-state index contributed by atoms with van der Waals surface area (Å²) in [6, 6.07) is 8.55. The molecule has 2 N–H and O–H groups in total. The standard InChI is InChI=1S/C16H16FN3O3/c1-10-7-14(15(20(22)23)8-11(10)2)19-16(21)9-18-13-5-3-12(17)4-6-13/h3-8,18H,9H2,1-2H3,(H,19,21). The molecular weight excluding hydrogens is 301 g/mol. The minimum atomic E-state index is -0.532. The van der Waals surface area contributed by atoms with Gasteiger partial charge in [-0.3, -0.25) is 14.9 Å². The average Bonchev–Trinajstić information content (AvgIpc) is 2.50. The second-order valence-corrected chi connectivity index (χ2v) is 5.12. The highest BCUT2D eigenvalue weighted by Crippen LogP contribution is 2.27. The summed E-state index contributed by atoms with van der Waals surface area (Å²) in [4.78, 5) is 22.5. The van der Waals surface area contributed by atoms with E-state index in [2.05, 4.69) is 10.6 Å². The molecule has 2 aromatic carbocycles. The molecule has 0 saturated heterocycles. The number of rotatable bonds is 5. The lowest BCUT2D eigenvalue weighted by molar-refractivity contribution is -0.384. The van der Waals surface area contributed by atoms with Crippen LogP contribution in [0.5, 0.6) is 0 Å². The summed E-state index contributed by atoms with van der Waals surface area (Å²) in [7, 11) is 0. The fourth-order valence-electron chi connectivity index (χ4n) is 2.00. The summed E-state index contributed by atoms with van der Waals surface area (Å²) >= 11 is 0. The molecule has 0 unspecified atom stereocenters. The first-order valence-corrected chi connectivity index (χ1v) is 6.92. The van der Waals surface area contributed by atoms with Gasteiger partial charge in [0, 0.05) is 11.8 Å².